The molecule has 0 aliphatic rings. The van der Waals surface area contributed by atoms with E-state index in [0.717, 1.165) is 0 Å². The molecule has 24 heavy (non-hydrogen) atoms. The van der Waals surface area contributed by atoms with Crippen LogP contribution < -0.4 is 10.6 Å². The van der Waals surface area contributed by atoms with E-state index in [-0.39, 0.29) is 12.1 Å². The van der Waals surface area contributed by atoms with Gasteiger partial charge in [-0.3, -0.25) is 10.1 Å². The number of anilines is 1. The van der Waals surface area contributed by atoms with Crippen molar-refractivity contribution in [2.75, 3.05) is 5.32 Å². The SMILES string of the molecule is O=C(NC(=O)c1c(F)cc(F)cc1F)Nc1cc(F)c(Cl)cc1F. The summed E-state index contributed by atoms with van der Waals surface area (Å²) < 4.78 is 66.3. The monoisotopic (exact) mass is 364 g/mol. The van der Waals surface area contributed by atoms with Crippen molar-refractivity contribution in [3.63, 3.8) is 0 Å². The van der Waals surface area contributed by atoms with E-state index in [4.69, 9.17) is 11.6 Å². The number of nitrogens with one attached hydrogen (secondary N) is 2. The molecule has 0 bridgehead atoms. The smallest absolute Gasteiger partial charge is 0.305 e. The highest BCUT2D eigenvalue weighted by Gasteiger charge is 2.21. The molecule has 0 radical (unpaired) electrons. The quantitative estimate of drug-likeness (QED) is 0.625. The summed E-state index contributed by atoms with van der Waals surface area (Å²) in [6, 6.07) is 0.201. The Bertz CT molecular complexity index is 821. The van der Waals surface area contributed by atoms with Gasteiger partial charge in [0.25, 0.3) is 5.91 Å². The second-order valence-electron chi connectivity index (χ2n) is 4.40. The van der Waals surface area contributed by atoms with Crippen LogP contribution in [0.4, 0.5) is 32.4 Å². The van der Waals surface area contributed by atoms with Crippen LogP contribution in [0.2, 0.25) is 5.02 Å². The van der Waals surface area contributed by atoms with E-state index in [1.165, 1.54) is 5.32 Å². The number of urea groups is 1. The lowest BCUT2D eigenvalue weighted by Crippen LogP contribution is -2.35. The molecule has 0 aromatic heterocycles. The number of amides is 3. The van der Waals surface area contributed by atoms with Crippen LogP contribution >= 0.6 is 11.6 Å². The first kappa shape index (κ1) is 17.7. The van der Waals surface area contributed by atoms with Crippen molar-refractivity contribution in [2.45, 2.75) is 0 Å². The highest BCUT2D eigenvalue weighted by molar-refractivity contribution is 6.30. The van der Waals surface area contributed by atoms with Gasteiger partial charge in [-0.1, -0.05) is 11.6 Å². The molecular weight excluding hydrogens is 359 g/mol. The average molecular weight is 365 g/mol. The fourth-order valence-electron chi connectivity index (χ4n) is 1.70. The first-order chi connectivity index (χ1) is 11.2. The van der Waals surface area contributed by atoms with Crippen molar-refractivity contribution in [2.24, 2.45) is 0 Å². The van der Waals surface area contributed by atoms with E-state index < -0.39 is 57.3 Å². The van der Waals surface area contributed by atoms with E-state index in [9.17, 15) is 31.5 Å². The molecule has 0 heterocycles. The van der Waals surface area contributed by atoms with Crippen LogP contribution in [0.3, 0.4) is 0 Å². The summed E-state index contributed by atoms with van der Waals surface area (Å²) >= 11 is 5.32. The maximum Gasteiger partial charge on any atom is 0.326 e. The summed E-state index contributed by atoms with van der Waals surface area (Å²) in [4.78, 5) is 23.2. The molecule has 0 spiro atoms. The number of hydrogen-bond donors (Lipinski definition) is 2. The number of rotatable bonds is 2. The third kappa shape index (κ3) is 3.80. The molecule has 0 saturated heterocycles. The molecule has 3 amide bonds. The second kappa shape index (κ2) is 6.83. The van der Waals surface area contributed by atoms with E-state index in [2.05, 4.69) is 0 Å². The molecule has 0 aliphatic carbocycles. The first-order valence-corrected chi connectivity index (χ1v) is 6.48. The Morgan fingerprint density at radius 1 is 0.833 bits per heavy atom. The Morgan fingerprint density at radius 2 is 1.42 bits per heavy atom. The zero-order valence-corrected chi connectivity index (χ0v) is 12.1. The van der Waals surface area contributed by atoms with Gasteiger partial charge in [0.2, 0.25) is 0 Å². The fourth-order valence-corrected chi connectivity index (χ4v) is 1.85. The largest absolute Gasteiger partial charge is 0.326 e. The van der Waals surface area contributed by atoms with Crippen LogP contribution in [0.1, 0.15) is 10.4 Å². The number of carbonyl (C=O) groups is 2. The number of imide groups is 1. The molecule has 4 nitrogen and oxygen atoms in total. The number of halogens is 6. The fraction of sp³-hybridized carbons (Fsp3) is 0. The normalized spacial score (nSPS) is 10.4. The molecule has 10 heteroatoms. The van der Waals surface area contributed by atoms with Crippen molar-refractivity contribution in [3.8, 4) is 0 Å². The predicted octanol–water partition coefficient (Wildman–Crippen LogP) is 4.00. The zero-order valence-electron chi connectivity index (χ0n) is 11.4. The maximum absolute atomic E-state index is 13.5. The van der Waals surface area contributed by atoms with Gasteiger partial charge in [0.15, 0.2) is 0 Å². The van der Waals surface area contributed by atoms with Crippen LogP contribution in [-0.4, -0.2) is 11.9 Å². The minimum atomic E-state index is -1.54. The van der Waals surface area contributed by atoms with Crippen LogP contribution in [0, 0.1) is 29.1 Å². The minimum Gasteiger partial charge on any atom is -0.305 e. The van der Waals surface area contributed by atoms with Crippen molar-refractivity contribution < 1.29 is 31.5 Å². The van der Waals surface area contributed by atoms with Gasteiger partial charge < -0.3 is 5.32 Å². The number of carbonyl (C=O) groups excluding carboxylic acids is 2. The number of hydrogen-bond acceptors (Lipinski definition) is 2. The van der Waals surface area contributed by atoms with Crippen LogP contribution in [-0.2, 0) is 0 Å². The lowest BCUT2D eigenvalue weighted by atomic mass is 10.2. The third-order valence-electron chi connectivity index (χ3n) is 2.72. The van der Waals surface area contributed by atoms with E-state index >= 15 is 0 Å². The molecule has 2 aromatic carbocycles. The van der Waals surface area contributed by atoms with Crippen molar-refractivity contribution >= 4 is 29.2 Å². The van der Waals surface area contributed by atoms with Gasteiger partial charge in [0.1, 0.15) is 34.6 Å². The van der Waals surface area contributed by atoms with Crippen LogP contribution in [0.5, 0.6) is 0 Å². The molecule has 0 unspecified atom stereocenters. The Morgan fingerprint density at radius 3 is 2.00 bits per heavy atom. The molecular formula is C14H6ClF5N2O2. The molecule has 0 saturated carbocycles. The van der Waals surface area contributed by atoms with E-state index in [0.29, 0.717) is 12.1 Å². The molecule has 0 atom stereocenters. The minimum absolute atomic E-state index is 0.240. The second-order valence-corrected chi connectivity index (χ2v) is 4.81. The standard InChI is InChI=1S/C14H6ClF5N2O2/c15-6-3-8(18)11(4-7(6)17)21-14(24)22-13(23)12-9(19)1-5(16)2-10(12)20/h1-4H,(H2,21,22,23,24). The van der Waals surface area contributed by atoms with Crippen LogP contribution in [0.25, 0.3) is 0 Å². The molecule has 2 rings (SSSR count). The Hall–Kier alpha value is -2.68. The van der Waals surface area contributed by atoms with E-state index in [1.807, 2.05) is 0 Å². The summed E-state index contributed by atoms with van der Waals surface area (Å²) in [5, 5.41) is 2.72. The van der Waals surface area contributed by atoms with Crippen molar-refractivity contribution in [3.05, 3.63) is 63.9 Å². The Balaban J connectivity index is 2.16. The van der Waals surface area contributed by atoms with Gasteiger partial charge in [-0.15, -0.1) is 0 Å². The predicted molar refractivity (Wildman–Crippen MR) is 74.2 cm³/mol. The van der Waals surface area contributed by atoms with Gasteiger partial charge in [0, 0.05) is 18.2 Å². The van der Waals surface area contributed by atoms with Gasteiger partial charge in [-0.2, -0.15) is 0 Å². The molecule has 2 aromatic rings. The van der Waals surface area contributed by atoms with Crippen LogP contribution in [0.15, 0.2) is 24.3 Å². The molecule has 126 valence electrons. The zero-order chi connectivity index (χ0) is 18.0. The number of benzene rings is 2. The Kier molecular flexibility index (Phi) is 5.03. The Labute approximate surface area is 136 Å². The average Bonchev–Trinajstić information content (AvgIpc) is 2.43. The topological polar surface area (TPSA) is 58.2 Å². The summed E-state index contributed by atoms with van der Waals surface area (Å²) in [6.07, 6.45) is 0. The highest BCUT2D eigenvalue weighted by Crippen LogP contribution is 2.23. The summed E-state index contributed by atoms with van der Waals surface area (Å²) in [6.45, 7) is 0. The van der Waals surface area contributed by atoms with Gasteiger partial charge >= 0.3 is 6.03 Å². The van der Waals surface area contributed by atoms with Gasteiger partial charge in [-0.25, -0.2) is 26.7 Å². The van der Waals surface area contributed by atoms with Gasteiger partial charge in [-0.05, 0) is 6.07 Å². The lowest BCUT2D eigenvalue weighted by Gasteiger charge is -2.09. The third-order valence-corrected chi connectivity index (χ3v) is 3.01. The molecule has 0 aliphatic heterocycles. The summed E-state index contributed by atoms with van der Waals surface area (Å²) in [7, 11) is 0. The van der Waals surface area contributed by atoms with Crippen molar-refractivity contribution in [1.29, 1.82) is 0 Å². The summed E-state index contributed by atoms with van der Waals surface area (Å²) in [5.41, 5.74) is -1.88. The molecule has 0 fully saturated rings. The van der Waals surface area contributed by atoms with E-state index in [1.54, 1.807) is 5.32 Å². The summed E-state index contributed by atoms with van der Waals surface area (Å²) in [5.74, 6) is -8.04. The van der Waals surface area contributed by atoms with Crippen molar-refractivity contribution in [1.82, 2.24) is 5.32 Å². The first-order valence-electron chi connectivity index (χ1n) is 6.10. The maximum atomic E-state index is 13.5. The lowest BCUT2D eigenvalue weighted by molar-refractivity contribution is 0.0958. The van der Waals surface area contributed by atoms with Gasteiger partial charge in [0.05, 0.1) is 10.7 Å². The molecule has 2 N–H and O–H groups in total. The highest BCUT2D eigenvalue weighted by atomic mass is 35.5.